The van der Waals surface area contributed by atoms with Gasteiger partial charge in [0.05, 0.1) is 7.11 Å². The summed E-state index contributed by atoms with van der Waals surface area (Å²) in [5, 5.41) is 5.09. The first-order chi connectivity index (χ1) is 12.1. The van der Waals surface area contributed by atoms with Crippen molar-refractivity contribution in [3.8, 4) is 17.1 Å². The molecular weight excluding hydrogens is 334 g/mol. The van der Waals surface area contributed by atoms with Crippen LogP contribution in [0.25, 0.3) is 11.4 Å². The van der Waals surface area contributed by atoms with E-state index in [2.05, 4.69) is 10.1 Å². The predicted molar refractivity (Wildman–Crippen MR) is 97.0 cm³/mol. The first kappa shape index (κ1) is 15.9. The average molecular weight is 351 g/mol. The number of benzene rings is 2. The van der Waals surface area contributed by atoms with E-state index in [1.54, 1.807) is 18.9 Å². The van der Waals surface area contributed by atoms with E-state index in [-0.39, 0.29) is 11.2 Å². The fourth-order valence-electron chi connectivity index (χ4n) is 2.78. The number of ether oxygens (including phenoxy) is 1. The van der Waals surface area contributed by atoms with Gasteiger partial charge in [-0.25, -0.2) is 4.98 Å². The SMILES string of the molecule is COc1ccc([C@@H]2CC(=O)n3nc(-c4ccc(C)cc4)nc3S2)cc1. The highest BCUT2D eigenvalue weighted by molar-refractivity contribution is 7.99. The molecule has 3 aromatic rings. The van der Waals surface area contributed by atoms with Crippen LogP contribution >= 0.6 is 11.8 Å². The van der Waals surface area contributed by atoms with Crippen LogP contribution in [0.2, 0.25) is 0 Å². The van der Waals surface area contributed by atoms with Crippen LogP contribution < -0.4 is 4.74 Å². The van der Waals surface area contributed by atoms with Gasteiger partial charge in [-0.3, -0.25) is 4.79 Å². The molecule has 25 heavy (non-hydrogen) atoms. The summed E-state index contributed by atoms with van der Waals surface area (Å²) in [6.45, 7) is 2.04. The Bertz CT molecular complexity index is 917. The van der Waals surface area contributed by atoms with Crippen molar-refractivity contribution in [3.05, 3.63) is 59.7 Å². The summed E-state index contributed by atoms with van der Waals surface area (Å²) in [4.78, 5) is 17.1. The Kier molecular flexibility index (Phi) is 4.05. The minimum absolute atomic E-state index is 0.0274. The number of thioether (sulfide) groups is 1. The van der Waals surface area contributed by atoms with Gasteiger partial charge >= 0.3 is 0 Å². The van der Waals surface area contributed by atoms with E-state index in [9.17, 15) is 4.79 Å². The monoisotopic (exact) mass is 351 g/mol. The summed E-state index contributed by atoms with van der Waals surface area (Å²) in [6.07, 6.45) is 0.403. The number of hydrogen-bond acceptors (Lipinski definition) is 5. The topological polar surface area (TPSA) is 57.0 Å². The van der Waals surface area contributed by atoms with Crippen molar-refractivity contribution in [1.82, 2.24) is 14.8 Å². The second kappa shape index (κ2) is 6.37. The molecule has 5 nitrogen and oxygen atoms in total. The molecule has 0 radical (unpaired) electrons. The van der Waals surface area contributed by atoms with Gasteiger partial charge in [-0.2, -0.15) is 4.68 Å². The lowest BCUT2D eigenvalue weighted by molar-refractivity contribution is 0.0868. The Hall–Kier alpha value is -2.60. The van der Waals surface area contributed by atoms with Gasteiger partial charge in [-0.1, -0.05) is 53.7 Å². The molecule has 0 unspecified atom stereocenters. The summed E-state index contributed by atoms with van der Waals surface area (Å²) in [5.74, 6) is 1.37. The number of fused-ring (bicyclic) bond motifs is 1. The van der Waals surface area contributed by atoms with E-state index in [4.69, 9.17) is 4.74 Å². The van der Waals surface area contributed by atoms with Gasteiger partial charge in [0, 0.05) is 17.2 Å². The zero-order chi connectivity index (χ0) is 17.4. The van der Waals surface area contributed by atoms with Gasteiger partial charge in [0.15, 0.2) is 11.0 Å². The molecule has 1 aliphatic heterocycles. The van der Waals surface area contributed by atoms with E-state index in [1.807, 2.05) is 55.5 Å². The van der Waals surface area contributed by atoms with Gasteiger partial charge in [0.1, 0.15) is 5.75 Å². The highest BCUT2D eigenvalue weighted by atomic mass is 32.2. The Morgan fingerprint density at radius 1 is 1.12 bits per heavy atom. The zero-order valence-electron chi connectivity index (χ0n) is 14.0. The van der Waals surface area contributed by atoms with Gasteiger partial charge in [-0.15, -0.1) is 5.10 Å². The quantitative estimate of drug-likeness (QED) is 0.710. The van der Waals surface area contributed by atoms with Crippen LogP contribution in [0.4, 0.5) is 0 Å². The Morgan fingerprint density at radius 2 is 1.84 bits per heavy atom. The van der Waals surface area contributed by atoms with Crippen LogP contribution in [-0.2, 0) is 0 Å². The van der Waals surface area contributed by atoms with Crippen LogP contribution in [0.1, 0.15) is 27.6 Å². The van der Waals surface area contributed by atoms with Crippen LogP contribution in [0.15, 0.2) is 53.7 Å². The predicted octanol–water partition coefficient (Wildman–Crippen LogP) is 4.14. The maximum absolute atomic E-state index is 12.5. The van der Waals surface area contributed by atoms with Crippen molar-refractivity contribution < 1.29 is 9.53 Å². The van der Waals surface area contributed by atoms with Gasteiger partial charge in [-0.05, 0) is 24.6 Å². The Balaban J connectivity index is 1.63. The molecule has 2 heterocycles. The van der Waals surface area contributed by atoms with Gasteiger partial charge in [0.25, 0.3) is 5.91 Å². The maximum atomic E-state index is 12.5. The lowest BCUT2D eigenvalue weighted by Gasteiger charge is -2.20. The van der Waals surface area contributed by atoms with Crippen molar-refractivity contribution in [1.29, 1.82) is 0 Å². The fourth-order valence-corrected chi connectivity index (χ4v) is 3.94. The molecular formula is C19H17N3O2S. The highest BCUT2D eigenvalue weighted by Crippen LogP contribution is 2.41. The number of nitrogens with zero attached hydrogens (tertiary/aromatic N) is 3. The summed E-state index contributed by atoms with van der Waals surface area (Å²) in [6, 6.07) is 15.8. The smallest absolute Gasteiger partial charge is 0.250 e. The van der Waals surface area contributed by atoms with Crippen molar-refractivity contribution >= 4 is 17.7 Å². The molecule has 2 aromatic carbocycles. The molecule has 6 heteroatoms. The first-order valence-electron chi connectivity index (χ1n) is 8.02. The summed E-state index contributed by atoms with van der Waals surface area (Å²) in [7, 11) is 1.64. The van der Waals surface area contributed by atoms with E-state index < -0.39 is 0 Å². The second-order valence-corrected chi connectivity index (χ2v) is 7.14. The van der Waals surface area contributed by atoms with Crippen molar-refractivity contribution in [3.63, 3.8) is 0 Å². The summed E-state index contributed by atoms with van der Waals surface area (Å²) in [5.41, 5.74) is 3.19. The van der Waals surface area contributed by atoms with Crippen LogP contribution in [0.5, 0.6) is 5.75 Å². The maximum Gasteiger partial charge on any atom is 0.250 e. The lowest BCUT2D eigenvalue weighted by Crippen LogP contribution is -2.20. The van der Waals surface area contributed by atoms with Crippen LogP contribution in [0, 0.1) is 6.92 Å². The van der Waals surface area contributed by atoms with Gasteiger partial charge < -0.3 is 4.74 Å². The Labute approximate surface area is 150 Å². The van der Waals surface area contributed by atoms with Crippen molar-refractivity contribution in [2.45, 2.75) is 23.8 Å². The first-order valence-corrected chi connectivity index (χ1v) is 8.90. The third kappa shape index (κ3) is 3.05. The van der Waals surface area contributed by atoms with Crippen LogP contribution in [0.3, 0.4) is 0 Å². The van der Waals surface area contributed by atoms with Crippen molar-refractivity contribution in [2.24, 2.45) is 0 Å². The minimum atomic E-state index is -0.0274. The lowest BCUT2D eigenvalue weighted by atomic mass is 10.1. The molecule has 1 atom stereocenters. The molecule has 0 bridgehead atoms. The summed E-state index contributed by atoms with van der Waals surface area (Å²) < 4.78 is 6.62. The molecule has 0 amide bonds. The number of aromatic nitrogens is 3. The largest absolute Gasteiger partial charge is 0.497 e. The van der Waals surface area contributed by atoms with Crippen LogP contribution in [-0.4, -0.2) is 27.8 Å². The third-order valence-corrected chi connectivity index (χ3v) is 5.42. The molecule has 4 rings (SSSR count). The molecule has 0 aliphatic carbocycles. The highest BCUT2D eigenvalue weighted by Gasteiger charge is 2.30. The standard InChI is InChI=1S/C19H17N3O2S/c1-12-3-5-14(6-4-12)18-20-19-22(21-18)17(23)11-16(25-19)13-7-9-15(24-2)10-8-13/h3-10,16H,11H2,1-2H3/t16-/m0/s1. The number of rotatable bonds is 3. The molecule has 0 fully saturated rings. The molecule has 126 valence electrons. The minimum Gasteiger partial charge on any atom is -0.497 e. The van der Waals surface area contributed by atoms with Gasteiger partial charge in [0.2, 0.25) is 0 Å². The number of aryl methyl sites for hydroxylation is 1. The normalized spacial score (nSPS) is 16.6. The molecule has 0 saturated carbocycles. The molecule has 0 spiro atoms. The fraction of sp³-hybridized carbons (Fsp3) is 0.211. The summed E-state index contributed by atoms with van der Waals surface area (Å²) >= 11 is 1.57. The number of carbonyl (C=O) groups excluding carboxylic acids is 1. The molecule has 0 saturated heterocycles. The average Bonchev–Trinajstić information content (AvgIpc) is 3.07. The Morgan fingerprint density at radius 3 is 2.52 bits per heavy atom. The molecule has 0 N–H and O–H groups in total. The number of carbonyl (C=O) groups is 1. The second-order valence-electron chi connectivity index (χ2n) is 5.97. The van der Waals surface area contributed by atoms with E-state index in [1.165, 1.54) is 10.2 Å². The number of hydrogen-bond donors (Lipinski definition) is 0. The van der Waals surface area contributed by atoms with E-state index >= 15 is 0 Å². The molecule has 1 aromatic heterocycles. The third-order valence-electron chi connectivity index (χ3n) is 4.22. The number of methoxy groups -OCH3 is 1. The zero-order valence-corrected chi connectivity index (χ0v) is 14.8. The molecule has 1 aliphatic rings. The van der Waals surface area contributed by atoms with E-state index in [0.717, 1.165) is 16.9 Å². The van der Waals surface area contributed by atoms with E-state index in [0.29, 0.717) is 17.4 Å². The van der Waals surface area contributed by atoms with Crippen molar-refractivity contribution in [2.75, 3.05) is 7.11 Å².